The highest BCUT2D eigenvalue weighted by Gasteiger charge is 2.17. The van der Waals surface area contributed by atoms with Gasteiger partial charge in [-0.25, -0.2) is 4.98 Å². The molecule has 1 N–H and O–H groups in total. The first-order chi connectivity index (χ1) is 12.2. The summed E-state index contributed by atoms with van der Waals surface area (Å²) in [6, 6.07) is 0. The van der Waals surface area contributed by atoms with Crippen LogP contribution in [0, 0.1) is 0 Å². The minimum Gasteiger partial charge on any atom is -0.333 e. The fourth-order valence-corrected chi connectivity index (χ4v) is 3.22. The quantitative estimate of drug-likeness (QED) is 0.478. The van der Waals surface area contributed by atoms with E-state index in [4.69, 9.17) is 0 Å². The Balaban J connectivity index is 2.38. The Kier molecular flexibility index (Phi) is 11.9. The van der Waals surface area contributed by atoms with Gasteiger partial charge in [0.1, 0.15) is 0 Å². The normalized spacial score (nSPS) is 10.6. The highest BCUT2D eigenvalue weighted by molar-refractivity contribution is 7.13. The summed E-state index contributed by atoms with van der Waals surface area (Å²) >= 11 is 1.38. The summed E-state index contributed by atoms with van der Waals surface area (Å²) in [7, 11) is 0. The van der Waals surface area contributed by atoms with Gasteiger partial charge in [-0.05, 0) is 12.8 Å². The molecular formula is C19H33N3O2S. The maximum atomic E-state index is 12.5. The van der Waals surface area contributed by atoms with Gasteiger partial charge in [-0.3, -0.25) is 9.59 Å². The Labute approximate surface area is 156 Å². The molecule has 1 rings (SSSR count). The molecule has 142 valence electrons. The van der Waals surface area contributed by atoms with Crippen LogP contribution in [-0.2, 0) is 9.59 Å². The molecule has 0 fully saturated rings. The molecule has 25 heavy (non-hydrogen) atoms. The average molecular weight is 368 g/mol. The van der Waals surface area contributed by atoms with E-state index in [9.17, 15) is 9.59 Å². The Bertz CT molecular complexity index is 477. The van der Waals surface area contributed by atoms with Gasteiger partial charge in [0.25, 0.3) is 0 Å². The number of carbonyl (C=O) groups is 2. The number of unbranched alkanes of at least 4 members (excludes halogenated alkanes) is 7. The van der Waals surface area contributed by atoms with Gasteiger partial charge in [0, 0.05) is 24.5 Å². The summed E-state index contributed by atoms with van der Waals surface area (Å²) < 4.78 is 0. The van der Waals surface area contributed by atoms with E-state index in [2.05, 4.69) is 24.1 Å². The molecule has 0 radical (unpaired) electrons. The van der Waals surface area contributed by atoms with E-state index in [1.165, 1.54) is 37.0 Å². The SMILES string of the molecule is CCCCCCCCC(=O)N(CCCCC)CC(=O)Nc1nccs1. The number of amides is 2. The summed E-state index contributed by atoms with van der Waals surface area (Å²) in [5.74, 6) is -0.0661. The molecule has 6 heteroatoms. The number of hydrogen-bond acceptors (Lipinski definition) is 4. The van der Waals surface area contributed by atoms with Gasteiger partial charge in [-0.2, -0.15) is 0 Å². The van der Waals surface area contributed by atoms with Crippen molar-refractivity contribution in [3.8, 4) is 0 Å². The lowest BCUT2D eigenvalue weighted by atomic mass is 10.1. The lowest BCUT2D eigenvalue weighted by Crippen LogP contribution is -2.38. The maximum absolute atomic E-state index is 12.5. The number of hydrogen-bond donors (Lipinski definition) is 1. The standard InChI is InChI=1S/C19H33N3O2S/c1-3-5-7-8-9-10-12-18(24)22(14-11-6-4-2)16-17(23)21-19-20-13-15-25-19/h13,15H,3-12,14,16H2,1-2H3,(H,20,21,23). The number of aromatic nitrogens is 1. The van der Waals surface area contributed by atoms with Crippen molar-refractivity contribution in [2.24, 2.45) is 0 Å². The maximum Gasteiger partial charge on any atom is 0.245 e. The topological polar surface area (TPSA) is 62.3 Å². The lowest BCUT2D eigenvalue weighted by molar-refractivity contribution is -0.134. The van der Waals surface area contributed by atoms with Crippen LogP contribution < -0.4 is 5.32 Å². The molecule has 0 saturated heterocycles. The second kappa shape index (κ2) is 13.8. The molecule has 0 saturated carbocycles. The predicted octanol–water partition coefficient (Wildman–Crippen LogP) is 4.85. The average Bonchev–Trinajstić information content (AvgIpc) is 3.10. The van der Waals surface area contributed by atoms with Crippen molar-refractivity contribution in [2.75, 3.05) is 18.4 Å². The summed E-state index contributed by atoms with van der Waals surface area (Å²) in [5.41, 5.74) is 0. The van der Waals surface area contributed by atoms with Crippen molar-refractivity contribution in [3.05, 3.63) is 11.6 Å². The van der Waals surface area contributed by atoms with E-state index < -0.39 is 0 Å². The smallest absolute Gasteiger partial charge is 0.245 e. The zero-order valence-electron chi connectivity index (χ0n) is 15.8. The van der Waals surface area contributed by atoms with Crippen LogP contribution in [0.2, 0.25) is 0 Å². The summed E-state index contributed by atoms with van der Waals surface area (Å²) in [5, 5.41) is 5.17. The summed E-state index contributed by atoms with van der Waals surface area (Å²) in [6.07, 6.45) is 12.3. The number of anilines is 1. The molecule has 0 spiro atoms. The molecular weight excluding hydrogens is 334 g/mol. The van der Waals surface area contributed by atoms with Crippen molar-refractivity contribution >= 4 is 28.3 Å². The second-order valence-corrected chi connectivity index (χ2v) is 7.32. The third kappa shape index (κ3) is 10.2. The number of nitrogens with one attached hydrogen (secondary N) is 1. The summed E-state index contributed by atoms with van der Waals surface area (Å²) in [6.45, 7) is 5.12. The third-order valence-electron chi connectivity index (χ3n) is 4.14. The molecule has 0 aliphatic heterocycles. The summed E-state index contributed by atoms with van der Waals surface area (Å²) in [4.78, 5) is 30.4. The van der Waals surface area contributed by atoms with E-state index >= 15 is 0 Å². The van der Waals surface area contributed by atoms with Crippen LogP contribution in [0.15, 0.2) is 11.6 Å². The van der Waals surface area contributed by atoms with Crippen LogP contribution in [-0.4, -0.2) is 34.8 Å². The number of thiazole rings is 1. The van der Waals surface area contributed by atoms with E-state index in [0.717, 1.165) is 32.1 Å². The monoisotopic (exact) mass is 367 g/mol. The van der Waals surface area contributed by atoms with Gasteiger partial charge in [0.15, 0.2) is 5.13 Å². The van der Waals surface area contributed by atoms with Gasteiger partial charge < -0.3 is 10.2 Å². The molecule has 0 aromatic carbocycles. The van der Waals surface area contributed by atoms with Crippen LogP contribution in [0.4, 0.5) is 5.13 Å². The van der Waals surface area contributed by atoms with Crippen molar-refractivity contribution in [2.45, 2.75) is 78.1 Å². The van der Waals surface area contributed by atoms with Gasteiger partial charge in [-0.1, -0.05) is 58.8 Å². The number of rotatable bonds is 14. The number of nitrogens with zero attached hydrogens (tertiary/aromatic N) is 2. The molecule has 0 aliphatic carbocycles. The number of carbonyl (C=O) groups excluding carboxylic acids is 2. The van der Waals surface area contributed by atoms with Crippen LogP contribution in [0.3, 0.4) is 0 Å². The molecule has 1 aromatic rings. The predicted molar refractivity (Wildman–Crippen MR) is 105 cm³/mol. The van der Waals surface area contributed by atoms with Gasteiger partial charge >= 0.3 is 0 Å². The Morgan fingerprint density at radius 3 is 2.40 bits per heavy atom. The first-order valence-corrected chi connectivity index (χ1v) is 10.5. The molecule has 2 amide bonds. The van der Waals surface area contributed by atoms with Crippen LogP contribution >= 0.6 is 11.3 Å². The molecule has 0 atom stereocenters. The largest absolute Gasteiger partial charge is 0.333 e. The van der Waals surface area contributed by atoms with Crippen LogP contribution in [0.1, 0.15) is 78.1 Å². The van der Waals surface area contributed by atoms with Crippen molar-refractivity contribution < 1.29 is 9.59 Å². The minimum absolute atomic E-state index is 0.0980. The zero-order valence-corrected chi connectivity index (χ0v) is 16.6. The third-order valence-corrected chi connectivity index (χ3v) is 4.83. The van der Waals surface area contributed by atoms with Crippen LogP contribution in [0.25, 0.3) is 0 Å². The van der Waals surface area contributed by atoms with E-state index in [1.807, 2.05) is 5.38 Å². The molecule has 5 nitrogen and oxygen atoms in total. The highest BCUT2D eigenvalue weighted by atomic mass is 32.1. The molecule has 0 aliphatic rings. The Morgan fingerprint density at radius 1 is 1.04 bits per heavy atom. The van der Waals surface area contributed by atoms with Gasteiger partial charge in [-0.15, -0.1) is 11.3 Å². The van der Waals surface area contributed by atoms with Gasteiger partial charge in [0.2, 0.25) is 11.8 Å². The molecule has 1 heterocycles. The lowest BCUT2D eigenvalue weighted by Gasteiger charge is -2.22. The van der Waals surface area contributed by atoms with Gasteiger partial charge in [0.05, 0.1) is 6.54 Å². The zero-order chi connectivity index (χ0) is 18.3. The Morgan fingerprint density at radius 2 is 1.72 bits per heavy atom. The van der Waals surface area contributed by atoms with E-state index in [1.54, 1.807) is 11.1 Å². The second-order valence-electron chi connectivity index (χ2n) is 6.43. The molecule has 0 bridgehead atoms. The Hall–Kier alpha value is -1.43. The molecule has 1 aromatic heterocycles. The minimum atomic E-state index is -0.164. The molecule has 0 unspecified atom stereocenters. The fraction of sp³-hybridized carbons (Fsp3) is 0.737. The fourth-order valence-electron chi connectivity index (χ4n) is 2.68. The van der Waals surface area contributed by atoms with Crippen LogP contribution in [0.5, 0.6) is 0 Å². The van der Waals surface area contributed by atoms with Crippen molar-refractivity contribution in [3.63, 3.8) is 0 Å². The van der Waals surface area contributed by atoms with Crippen molar-refractivity contribution in [1.29, 1.82) is 0 Å². The van der Waals surface area contributed by atoms with E-state index in [-0.39, 0.29) is 18.4 Å². The first-order valence-electron chi connectivity index (χ1n) is 9.64. The van der Waals surface area contributed by atoms with E-state index in [0.29, 0.717) is 18.1 Å². The van der Waals surface area contributed by atoms with Crippen molar-refractivity contribution in [1.82, 2.24) is 9.88 Å². The first kappa shape index (κ1) is 21.6. The highest BCUT2D eigenvalue weighted by Crippen LogP contribution is 2.12.